The molecular formula is C16H16O4. The highest BCUT2D eigenvalue weighted by Gasteiger charge is 2.01. The summed E-state index contributed by atoms with van der Waals surface area (Å²) in [6, 6.07) is 14.2. The van der Waals surface area contributed by atoms with E-state index in [9.17, 15) is 4.79 Å². The number of rotatable bonds is 5. The average Bonchev–Trinajstić information content (AvgIpc) is 2.43. The first kappa shape index (κ1) is 13.9. The van der Waals surface area contributed by atoms with Crippen LogP contribution in [0.15, 0.2) is 48.5 Å². The maximum Gasteiger partial charge on any atom is 0.308 e. The number of esters is 1. The molecule has 20 heavy (non-hydrogen) atoms. The van der Waals surface area contributed by atoms with Crippen LogP contribution in [0.4, 0.5) is 0 Å². The van der Waals surface area contributed by atoms with Gasteiger partial charge < -0.3 is 14.2 Å². The molecule has 0 unspecified atom stereocenters. The Morgan fingerprint density at radius 3 is 1.75 bits per heavy atom. The summed E-state index contributed by atoms with van der Waals surface area (Å²) in [7, 11) is 0. The van der Waals surface area contributed by atoms with E-state index in [1.807, 2.05) is 31.2 Å². The van der Waals surface area contributed by atoms with Crippen molar-refractivity contribution >= 4 is 5.97 Å². The highest BCUT2D eigenvalue weighted by atomic mass is 16.5. The molecule has 0 saturated carbocycles. The summed E-state index contributed by atoms with van der Waals surface area (Å²) in [6.45, 7) is 3.94. The molecule has 0 saturated heterocycles. The van der Waals surface area contributed by atoms with E-state index in [0.29, 0.717) is 23.9 Å². The Morgan fingerprint density at radius 1 is 0.850 bits per heavy atom. The first-order valence-corrected chi connectivity index (χ1v) is 6.36. The van der Waals surface area contributed by atoms with Gasteiger partial charge in [-0.15, -0.1) is 0 Å². The SMILES string of the molecule is CCOc1ccc(Oc2ccc(OC(C)=O)cc2)cc1. The van der Waals surface area contributed by atoms with Crippen LogP contribution in [0, 0.1) is 0 Å². The van der Waals surface area contributed by atoms with Gasteiger partial charge in [-0.2, -0.15) is 0 Å². The number of hydrogen-bond donors (Lipinski definition) is 0. The first-order chi connectivity index (χ1) is 9.67. The van der Waals surface area contributed by atoms with Gasteiger partial charge in [0.05, 0.1) is 6.61 Å². The van der Waals surface area contributed by atoms with E-state index in [-0.39, 0.29) is 5.97 Å². The highest BCUT2D eigenvalue weighted by Crippen LogP contribution is 2.25. The molecule has 0 aliphatic carbocycles. The second kappa shape index (κ2) is 6.61. The minimum atomic E-state index is -0.342. The van der Waals surface area contributed by atoms with Gasteiger partial charge in [0.15, 0.2) is 0 Å². The molecule has 104 valence electrons. The molecule has 0 aromatic heterocycles. The van der Waals surface area contributed by atoms with Crippen LogP contribution in [-0.4, -0.2) is 12.6 Å². The van der Waals surface area contributed by atoms with Crippen molar-refractivity contribution in [2.24, 2.45) is 0 Å². The number of ether oxygens (including phenoxy) is 3. The van der Waals surface area contributed by atoms with Crippen LogP contribution in [0.25, 0.3) is 0 Å². The molecule has 2 aromatic rings. The third-order valence-electron chi connectivity index (χ3n) is 2.46. The van der Waals surface area contributed by atoms with Crippen LogP contribution in [-0.2, 0) is 4.79 Å². The Bertz CT molecular complexity index is 558. The molecule has 0 atom stereocenters. The molecule has 0 amide bonds. The number of carbonyl (C=O) groups excluding carboxylic acids is 1. The Labute approximate surface area is 117 Å². The van der Waals surface area contributed by atoms with Crippen LogP contribution in [0.1, 0.15) is 13.8 Å². The predicted octanol–water partition coefficient (Wildman–Crippen LogP) is 3.80. The monoisotopic (exact) mass is 272 g/mol. The van der Waals surface area contributed by atoms with Crippen molar-refractivity contribution < 1.29 is 19.0 Å². The first-order valence-electron chi connectivity index (χ1n) is 6.36. The zero-order chi connectivity index (χ0) is 14.4. The third kappa shape index (κ3) is 4.02. The molecule has 0 aliphatic rings. The average molecular weight is 272 g/mol. The smallest absolute Gasteiger partial charge is 0.308 e. The largest absolute Gasteiger partial charge is 0.494 e. The highest BCUT2D eigenvalue weighted by molar-refractivity contribution is 5.69. The van der Waals surface area contributed by atoms with Gasteiger partial charge in [-0.25, -0.2) is 0 Å². The third-order valence-corrected chi connectivity index (χ3v) is 2.46. The fourth-order valence-electron chi connectivity index (χ4n) is 1.65. The Kier molecular flexibility index (Phi) is 4.60. The second-order valence-corrected chi connectivity index (χ2v) is 4.07. The van der Waals surface area contributed by atoms with Crippen molar-refractivity contribution in [3.05, 3.63) is 48.5 Å². The standard InChI is InChI=1S/C16H16O4/c1-3-18-13-4-6-15(7-5-13)20-16-10-8-14(9-11-16)19-12(2)17/h4-11H,3H2,1-2H3. The summed E-state index contributed by atoms with van der Waals surface area (Å²) in [6.07, 6.45) is 0. The van der Waals surface area contributed by atoms with Crippen molar-refractivity contribution in [1.82, 2.24) is 0 Å². The van der Waals surface area contributed by atoms with Gasteiger partial charge in [0.2, 0.25) is 0 Å². The minimum Gasteiger partial charge on any atom is -0.494 e. The summed E-state index contributed by atoms with van der Waals surface area (Å²) >= 11 is 0. The van der Waals surface area contributed by atoms with Gasteiger partial charge in [0, 0.05) is 6.92 Å². The number of hydrogen-bond acceptors (Lipinski definition) is 4. The topological polar surface area (TPSA) is 44.8 Å². The van der Waals surface area contributed by atoms with E-state index in [1.54, 1.807) is 24.3 Å². The zero-order valence-corrected chi connectivity index (χ0v) is 11.5. The van der Waals surface area contributed by atoms with E-state index in [0.717, 1.165) is 5.75 Å². The van der Waals surface area contributed by atoms with Crippen LogP contribution >= 0.6 is 0 Å². The fraction of sp³-hybridized carbons (Fsp3) is 0.188. The van der Waals surface area contributed by atoms with Gasteiger partial charge in [0.25, 0.3) is 0 Å². The van der Waals surface area contributed by atoms with Crippen molar-refractivity contribution in [1.29, 1.82) is 0 Å². The molecule has 0 bridgehead atoms. The van der Waals surface area contributed by atoms with Crippen LogP contribution in [0.2, 0.25) is 0 Å². The Balaban J connectivity index is 2.00. The fourth-order valence-corrected chi connectivity index (χ4v) is 1.65. The molecule has 2 aromatic carbocycles. The molecule has 0 heterocycles. The molecule has 4 heteroatoms. The predicted molar refractivity (Wildman–Crippen MR) is 75.4 cm³/mol. The lowest BCUT2D eigenvalue weighted by molar-refractivity contribution is -0.131. The molecule has 4 nitrogen and oxygen atoms in total. The molecule has 0 spiro atoms. The lowest BCUT2D eigenvalue weighted by Crippen LogP contribution is -2.00. The molecule has 2 rings (SSSR count). The van der Waals surface area contributed by atoms with Crippen LogP contribution in [0.5, 0.6) is 23.0 Å². The molecular weight excluding hydrogens is 256 g/mol. The summed E-state index contributed by atoms with van der Waals surface area (Å²) in [5, 5.41) is 0. The Morgan fingerprint density at radius 2 is 1.30 bits per heavy atom. The molecule has 0 N–H and O–H groups in total. The molecule has 0 radical (unpaired) electrons. The van der Waals surface area contributed by atoms with Gasteiger partial charge >= 0.3 is 5.97 Å². The maximum atomic E-state index is 10.8. The maximum absolute atomic E-state index is 10.8. The minimum absolute atomic E-state index is 0.342. The molecule has 0 aliphatic heterocycles. The van der Waals surface area contributed by atoms with E-state index >= 15 is 0 Å². The summed E-state index contributed by atoms with van der Waals surface area (Å²) in [5.74, 6) is 2.35. The van der Waals surface area contributed by atoms with Gasteiger partial charge in [0.1, 0.15) is 23.0 Å². The van der Waals surface area contributed by atoms with Crippen molar-refractivity contribution in [3.8, 4) is 23.0 Å². The Hall–Kier alpha value is -2.49. The summed E-state index contributed by atoms with van der Waals surface area (Å²) < 4.78 is 16.0. The van der Waals surface area contributed by atoms with E-state index in [2.05, 4.69) is 0 Å². The zero-order valence-electron chi connectivity index (χ0n) is 11.5. The second-order valence-electron chi connectivity index (χ2n) is 4.07. The van der Waals surface area contributed by atoms with E-state index in [4.69, 9.17) is 14.2 Å². The molecule has 0 fully saturated rings. The van der Waals surface area contributed by atoms with Gasteiger partial charge in [-0.1, -0.05) is 0 Å². The number of benzene rings is 2. The van der Waals surface area contributed by atoms with Gasteiger partial charge in [-0.3, -0.25) is 4.79 Å². The normalized spacial score (nSPS) is 9.90. The van der Waals surface area contributed by atoms with Crippen molar-refractivity contribution in [2.45, 2.75) is 13.8 Å². The lowest BCUT2D eigenvalue weighted by Gasteiger charge is -2.08. The quantitative estimate of drug-likeness (QED) is 0.613. The summed E-state index contributed by atoms with van der Waals surface area (Å²) in [4.78, 5) is 10.8. The van der Waals surface area contributed by atoms with Crippen LogP contribution < -0.4 is 14.2 Å². The lowest BCUT2D eigenvalue weighted by atomic mass is 10.3. The summed E-state index contributed by atoms with van der Waals surface area (Å²) in [5.41, 5.74) is 0. The van der Waals surface area contributed by atoms with Crippen molar-refractivity contribution in [3.63, 3.8) is 0 Å². The number of carbonyl (C=O) groups is 1. The van der Waals surface area contributed by atoms with Crippen LogP contribution in [0.3, 0.4) is 0 Å². The van der Waals surface area contributed by atoms with E-state index < -0.39 is 0 Å². The van der Waals surface area contributed by atoms with E-state index in [1.165, 1.54) is 6.92 Å². The van der Waals surface area contributed by atoms with Crippen molar-refractivity contribution in [2.75, 3.05) is 6.61 Å². The van der Waals surface area contributed by atoms with Gasteiger partial charge in [-0.05, 0) is 55.5 Å².